The van der Waals surface area contributed by atoms with Crippen molar-refractivity contribution in [1.82, 2.24) is 10.6 Å². The molecular formula is C21H34N2O8. The van der Waals surface area contributed by atoms with E-state index in [2.05, 4.69) is 10.6 Å². The Bertz CT molecular complexity index is 616. The number of nitrogens with one attached hydrogen (secondary N) is 2. The van der Waals surface area contributed by atoms with Crippen molar-refractivity contribution in [3.8, 4) is 0 Å². The molecule has 0 heterocycles. The Hall–Kier alpha value is -2.78. The molecule has 0 aliphatic rings. The van der Waals surface area contributed by atoms with E-state index in [-0.39, 0.29) is 68.3 Å². The van der Waals surface area contributed by atoms with Crippen LogP contribution in [0.3, 0.4) is 0 Å². The summed E-state index contributed by atoms with van der Waals surface area (Å²) >= 11 is 0. The Kier molecular flexibility index (Phi) is 13.0. The van der Waals surface area contributed by atoms with Gasteiger partial charge in [-0.25, -0.2) is 0 Å². The second kappa shape index (κ2) is 14.3. The first-order valence-corrected chi connectivity index (χ1v) is 10.4. The molecule has 2 atom stereocenters. The summed E-state index contributed by atoms with van der Waals surface area (Å²) in [5, 5.41) is 22.4. The standard InChI is InChI=1S/C21H34N2O8/c1-12(2)20(22-16(26)8-10-18(28)29)14(24)6-5-7-15(25)21(13(3)4)23-17(27)9-11-19(30)31/h12-13,20-21H,5-11H2,1-4H3,(H,22,26)(H,23,27)(H,28,29)(H,30,31)/t20-,21-/m0/s1. The smallest absolute Gasteiger partial charge is 0.303 e. The molecule has 0 fully saturated rings. The Morgan fingerprint density at radius 2 is 0.903 bits per heavy atom. The van der Waals surface area contributed by atoms with Crippen LogP contribution in [0, 0.1) is 11.8 Å². The van der Waals surface area contributed by atoms with Crippen molar-refractivity contribution in [3.05, 3.63) is 0 Å². The van der Waals surface area contributed by atoms with Crippen LogP contribution in [0.25, 0.3) is 0 Å². The van der Waals surface area contributed by atoms with Gasteiger partial charge in [0.2, 0.25) is 11.8 Å². The molecule has 0 bridgehead atoms. The van der Waals surface area contributed by atoms with Crippen molar-refractivity contribution in [3.63, 3.8) is 0 Å². The van der Waals surface area contributed by atoms with Crippen molar-refractivity contribution in [1.29, 1.82) is 0 Å². The van der Waals surface area contributed by atoms with E-state index >= 15 is 0 Å². The van der Waals surface area contributed by atoms with E-state index in [9.17, 15) is 28.8 Å². The number of carbonyl (C=O) groups excluding carboxylic acids is 4. The summed E-state index contributed by atoms with van der Waals surface area (Å²) in [7, 11) is 0. The molecule has 2 amide bonds. The second-order valence-electron chi connectivity index (χ2n) is 8.15. The lowest BCUT2D eigenvalue weighted by atomic mass is 9.93. The van der Waals surface area contributed by atoms with Gasteiger partial charge in [-0.2, -0.15) is 0 Å². The first-order valence-electron chi connectivity index (χ1n) is 10.4. The molecule has 0 aromatic heterocycles. The fourth-order valence-corrected chi connectivity index (χ4v) is 2.92. The number of ketones is 2. The molecule has 0 aliphatic heterocycles. The summed E-state index contributed by atoms with van der Waals surface area (Å²) in [4.78, 5) is 69.8. The zero-order valence-electron chi connectivity index (χ0n) is 18.6. The number of Topliss-reactive ketones (excluding diaryl/α,β-unsaturated/α-hetero) is 2. The first kappa shape index (κ1) is 28.2. The number of aliphatic carboxylic acids is 2. The van der Waals surface area contributed by atoms with E-state index in [4.69, 9.17) is 10.2 Å². The molecule has 31 heavy (non-hydrogen) atoms. The van der Waals surface area contributed by atoms with Gasteiger partial charge in [0.05, 0.1) is 24.9 Å². The normalized spacial score (nSPS) is 12.8. The number of carboxylic acid groups (broad SMARTS) is 2. The van der Waals surface area contributed by atoms with E-state index < -0.39 is 35.8 Å². The predicted octanol–water partition coefficient (Wildman–Crippen LogP) is 1.31. The molecule has 0 aliphatic carbocycles. The van der Waals surface area contributed by atoms with E-state index in [1.165, 1.54) is 0 Å². The Morgan fingerprint density at radius 1 is 0.581 bits per heavy atom. The molecule has 4 N–H and O–H groups in total. The van der Waals surface area contributed by atoms with Crippen molar-refractivity contribution in [2.24, 2.45) is 11.8 Å². The van der Waals surface area contributed by atoms with Gasteiger partial charge >= 0.3 is 11.9 Å². The zero-order chi connectivity index (χ0) is 24.1. The van der Waals surface area contributed by atoms with Crippen LogP contribution >= 0.6 is 0 Å². The summed E-state index contributed by atoms with van der Waals surface area (Å²) in [5.74, 6) is -4.14. The number of amides is 2. The van der Waals surface area contributed by atoms with Gasteiger partial charge in [0.25, 0.3) is 0 Å². The number of hydrogen-bond acceptors (Lipinski definition) is 6. The minimum Gasteiger partial charge on any atom is -0.481 e. The third-order valence-corrected chi connectivity index (χ3v) is 4.64. The monoisotopic (exact) mass is 442 g/mol. The fourth-order valence-electron chi connectivity index (χ4n) is 2.92. The van der Waals surface area contributed by atoms with E-state index in [1.54, 1.807) is 27.7 Å². The third kappa shape index (κ3) is 12.5. The fraction of sp³-hybridized carbons (Fsp3) is 0.714. The number of carboxylic acids is 2. The van der Waals surface area contributed by atoms with Gasteiger partial charge < -0.3 is 20.8 Å². The third-order valence-electron chi connectivity index (χ3n) is 4.64. The van der Waals surface area contributed by atoms with Crippen molar-refractivity contribution in [2.75, 3.05) is 0 Å². The summed E-state index contributed by atoms with van der Waals surface area (Å²) in [5.41, 5.74) is 0. The highest BCUT2D eigenvalue weighted by molar-refractivity contribution is 5.92. The second-order valence-corrected chi connectivity index (χ2v) is 8.15. The van der Waals surface area contributed by atoms with E-state index in [0.717, 1.165) is 0 Å². The van der Waals surface area contributed by atoms with Crippen LogP contribution in [-0.4, -0.2) is 57.6 Å². The van der Waals surface area contributed by atoms with Gasteiger partial charge in [0.15, 0.2) is 11.6 Å². The van der Waals surface area contributed by atoms with E-state index in [0.29, 0.717) is 0 Å². The molecule has 0 spiro atoms. The van der Waals surface area contributed by atoms with Gasteiger partial charge in [-0.3, -0.25) is 28.8 Å². The van der Waals surface area contributed by atoms with Crippen LogP contribution in [0.2, 0.25) is 0 Å². The highest BCUT2D eigenvalue weighted by atomic mass is 16.4. The maximum atomic E-state index is 12.5. The minimum atomic E-state index is -1.10. The molecular weight excluding hydrogens is 408 g/mol. The highest BCUT2D eigenvalue weighted by Crippen LogP contribution is 2.12. The van der Waals surface area contributed by atoms with Gasteiger partial charge in [0, 0.05) is 25.7 Å². The summed E-state index contributed by atoms with van der Waals surface area (Å²) < 4.78 is 0. The predicted molar refractivity (Wildman–Crippen MR) is 111 cm³/mol. The van der Waals surface area contributed by atoms with Crippen molar-refractivity contribution in [2.45, 2.75) is 84.7 Å². The number of carbonyl (C=O) groups is 6. The molecule has 10 nitrogen and oxygen atoms in total. The molecule has 0 radical (unpaired) electrons. The average Bonchev–Trinajstić information content (AvgIpc) is 2.66. The minimum absolute atomic E-state index is 0.0472. The first-order chi connectivity index (χ1) is 14.3. The Morgan fingerprint density at radius 3 is 1.16 bits per heavy atom. The van der Waals surface area contributed by atoms with Gasteiger partial charge in [-0.15, -0.1) is 0 Å². The largest absolute Gasteiger partial charge is 0.481 e. The van der Waals surface area contributed by atoms with Crippen LogP contribution in [0.1, 0.15) is 72.6 Å². The molecule has 10 heteroatoms. The summed E-state index contributed by atoms with van der Waals surface area (Å²) in [6.45, 7) is 7.03. The maximum Gasteiger partial charge on any atom is 0.303 e. The quantitative estimate of drug-likeness (QED) is 0.277. The van der Waals surface area contributed by atoms with Crippen LogP contribution in [0.4, 0.5) is 0 Å². The average molecular weight is 443 g/mol. The van der Waals surface area contributed by atoms with Crippen molar-refractivity contribution < 1.29 is 39.0 Å². The highest BCUT2D eigenvalue weighted by Gasteiger charge is 2.26. The lowest BCUT2D eigenvalue weighted by molar-refractivity contribution is -0.139. The molecule has 0 unspecified atom stereocenters. The lowest BCUT2D eigenvalue weighted by Crippen LogP contribution is -2.45. The molecule has 0 aromatic carbocycles. The zero-order valence-corrected chi connectivity index (χ0v) is 18.6. The van der Waals surface area contributed by atoms with Crippen LogP contribution < -0.4 is 10.6 Å². The summed E-state index contributed by atoms with van der Waals surface area (Å²) in [6.07, 6.45) is -0.761. The van der Waals surface area contributed by atoms with Crippen LogP contribution in [-0.2, 0) is 28.8 Å². The lowest BCUT2D eigenvalue weighted by Gasteiger charge is -2.22. The molecule has 176 valence electrons. The van der Waals surface area contributed by atoms with Gasteiger partial charge in [-0.05, 0) is 18.3 Å². The van der Waals surface area contributed by atoms with Gasteiger partial charge in [-0.1, -0.05) is 27.7 Å². The Balaban J connectivity index is 4.69. The Labute approximate surface area is 182 Å². The molecule has 0 rings (SSSR count). The SMILES string of the molecule is CC(C)[C@H](NC(=O)CCC(=O)O)C(=O)CCCC(=O)[C@@H](NC(=O)CCC(=O)O)C(C)C. The molecule has 0 aromatic rings. The van der Waals surface area contributed by atoms with Crippen LogP contribution in [0.5, 0.6) is 0 Å². The van der Waals surface area contributed by atoms with Crippen LogP contribution in [0.15, 0.2) is 0 Å². The summed E-state index contributed by atoms with van der Waals surface area (Å²) in [6, 6.07) is -1.54. The maximum absolute atomic E-state index is 12.5. The van der Waals surface area contributed by atoms with Gasteiger partial charge in [0.1, 0.15) is 0 Å². The number of rotatable bonds is 16. The van der Waals surface area contributed by atoms with E-state index in [1.807, 2.05) is 0 Å². The topological polar surface area (TPSA) is 167 Å². The molecule has 0 saturated carbocycles. The molecule has 0 saturated heterocycles. The number of hydrogen-bond donors (Lipinski definition) is 4. The van der Waals surface area contributed by atoms with Crippen molar-refractivity contribution >= 4 is 35.3 Å².